The Morgan fingerprint density at radius 1 is 0.920 bits per heavy atom. The second-order valence-electron chi connectivity index (χ2n) is 6.83. The van der Waals surface area contributed by atoms with Crippen LogP contribution >= 0.6 is 0 Å². The van der Waals surface area contributed by atoms with Crippen LogP contribution < -0.4 is 0 Å². The van der Waals surface area contributed by atoms with Crippen LogP contribution in [0.4, 0.5) is 0 Å². The lowest BCUT2D eigenvalue weighted by molar-refractivity contribution is -0.172. The van der Waals surface area contributed by atoms with E-state index in [1.165, 1.54) is 0 Å². The van der Waals surface area contributed by atoms with E-state index in [9.17, 15) is 4.79 Å². The number of piperidine rings is 1. The first-order valence-corrected chi connectivity index (χ1v) is 10.3. The number of unbranched alkanes of at least 4 members (excludes halogenated alkanes) is 3. The maximum Gasteiger partial charge on any atom is 0.225 e. The predicted molar refractivity (Wildman–Crippen MR) is 101 cm³/mol. The van der Waals surface area contributed by atoms with Gasteiger partial charge in [-0.05, 0) is 26.2 Å². The van der Waals surface area contributed by atoms with Crippen LogP contribution in [-0.2, 0) is 19.0 Å². The van der Waals surface area contributed by atoms with E-state index in [4.69, 9.17) is 14.2 Å². The molecule has 0 saturated carbocycles. The molecule has 1 aliphatic rings. The van der Waals surface area contributed by atoms with Crippen molar-refractivity contribution >= 4 is 5.91 Å². The van der Waals surface area contributed by atoms with Crippen LogP contribution in [0.2, 0.25) is 0 Å². The van der Waals surface area contributed by atoms with E-state index in [2.05, 4.69) is 20.8 Å². The predicted octanol–water partition coefficient (Wildman–Crippen LogP) is 3.79. The number of nitrogens with zero attached hydrogens (tertiary/aromatic N) is 1. The van der Waals surface area contributed by atoms with Gasteiger partial charge in [-0.2, -0.15) is 0 Å². The van der Waals surface area contributed by atoms with Gasteiger partial charge in [-0.3, -0.25) is 4.79 Å². The Labute approximate surface area is 154 Å². The van der Waals surface area contributed by atoms with E-state index in [0.29, 0.717) is 32.8 Å². The van der Waals surface area contributed by atoms with E-state index in [1.807, 2.05) is 11.8 Å². The highest BCUT2D eigenvalue weighted by atomic mass is 16.5. The molecule has 0 aromatic carbocycles. The Bertz CT molecular complexity index is 351. The van der Waals surface area contributed by atoms with Crippen LogP contribution in [0.15, 0.2) is 0 Å². The standard InChI is InChI=1S/C20H39NO4/c1-5-9-12-23-16-17-20(25-14-11-7-3)18(24-13-10-6-2)15-19(22)21(17)8-4/h17-18,20H,5-16H2,1-4H3. The largest absolute Gasteiger partial charge is 0.379 e. The van der Waals surface area contributed by atoms with Gasteiger partial charge in [0.05, 0.1) is 25.2 Å². The van der Waals surface area contributed by atoms with Crippen molar-refractivity contribution in [1.29, 1.82) is 0 Å². The molecule has 0 N–H and O–H groups in total. The zero-order chi connectivity index (χ0) is 18.5. The molecule has 0 spiro atoms. The van der Waals surface area contributed by atoms with Gasteiger partial charge in [0, 0.05) is 26.4 Å². The molecule has 148 valence electrons. The van der Waals surface area contributed by atoms with Crippen molar-refractivity contribution in [3.63, 3.8) is 0 Å². The van der Waals surface area contributed by atoms with Crippen LogP contribution in [0.3, 0.4) is 0 Å². The van der Waals surface area contributed by atoms with Crippen LogP contribution in [0.5, 0.6) is 0 Å². The summed E-state index contributed by atoms with van der Waals surface area (Å²) in [5, 5.41) is 0. The lowest BCUT2D eigenvalue weighted by Crippen LogP contribution is -2.60. The van der Waals surface area contributed by atoms with E-state index in [-0.39, 0.29) is 24.2 Å². The number of carbonyl (C=O) groups is 1. The number of hydrogen-bond donors (Lipinski definition) is 0. The smallest absolute Gasteiger partial charge is 0.225 e. The summed E-state index contributed by atoms with van der Waals surface area (Å²) in [5.41, 5.74) is 0. The average Bonchev–Trinajstić information content (AvgIpc) is 2.61. The van der Waals surface area contributed by atoms with Gasteiger partial charge >= 0.3 is 0 Å². The molecule has 1 rings (SSSR count). The van der Waals surface area contributed by atoms with Crippen LogP contribution in [0.25, 0.3) is 0 Å². The number of likely N-dealkylation sites (tertiary alicyclic amines) is 1. The molecule has 0 aliphatic carbocycles. The summed E-state index contributed by atoms with van der Waals surface area (Å²) in [6.45, 7) is 11.9. The lowest BCUT2D eigenvalue weighted by atomic mass is 9.95. The molecule has 1 heterocycles. The summed E-state index contributed by atoms with van der Waals surface area (Å²) < 4.78 is 18.2. The maximum atomic E-state index is 12.6. The number of hydrogen-bond acceptors (Lipinski definition) is 4. The van der Waals surface area contributed by atoms with E-state index in [0.717, 1.165) is 45.1 Å². The van der Waals surface area contributed by atoms with Crippen molar-refractivity contribution < 1.29 is 19.0 Å². The summed E-state index contributed by atoms with van der Waals surface area (Å²) in [6, 6.07) is -0.0495. The van der Waals surface area contributed by atoms with E-state index in [1.54, 1.807) is 0 Å². The van der Waals surface area contributed by atoms with Crippen molar-refractivity contribution in [1.82, 2.24) is 4.90 Å². The Morgan fingerprint density at radius 2 is 1.52 bits per heavy atom. The minimum atomic E-state index is -0.154. The van der Waals surface area contributed by atoms with Gasteiger partial charge in [0.2, 0.25) is 5.91 Å². The van der Waals surface area contributed by atoms with Gasteiger partial charge in [-0.15, -0.1) is 0 Å². The summed E-state index contributed by atoms with van der Waals surface area (Å²) in [4.78, 5) is 14.5. The quantitative estimate of drug-likeness (QED) is 0.444. The fourth-order valence-corrected chi connectivity index (χ4v) is 3.18. The molecule has 5 heteroatoms. The molecule has 1 amide bonds. The minimum absolute atomic E-state index is 0.0495. The normalized spacial score (nSPS) is 24.1. The summed E-state index contributed by atoms with van der Waals surface area (Å²) in [6.07, 6.45) is 6.56. The van der Waals surface area contributed by atoms with Crippen molar-refractivity contribution in [2.75, 3.05) is 33.0 Å². The summed E-state index contributed by atoms with van der Waals surface area (Å²) in [7, 11) is 0. The van der Waals surface area contributed by atoms with Gasteiger partial charge in [-0.25, -0.2) is 0 Å². The first kappa shape index (κ1) is 22.4. The molecule has 3 unspecified atom stereocenters. The molecule has 1 fully saturated rings. The van der Waals surface area contributed by atoms with Gasteiger partial charge in [0.1, 0.15) is 6.10 Å². The molecule has 0 aromatic rings. The minimum Gasteiger partial charge on any atom is -0.379 e. The van der Waals surface area contributed by atoms with Crippen LogP contribution in [-0.4, -0.2) is 62.0 Å². The molecule has 1 aliphatic heterocycles. The number of amides is 1. The van der Waals surface area contributed by atoms with E-state index >= 15 is 0 Å². The molecule has 5 nitrogen and oxygen atoms in total. The van der Waals surface area contributed by atoms with Gasteiger partial charge < -0.3 is 19.1 Å². The Morgan fingerprint density at radius 3 is 2.12 bits per heavy atom. The molecule has 0 bridgehead atoms. The summed E-state index contributed by atoms with van der Waals surface area (Å²) in [5.74, 6) is 0.156. The number of likely N-dealkylation sites (N-methyl/N-ethyl adjacent to an activating group) is 1. The third-order valence-corrected chi connectivity index (χ3v) is 4.75. The number of carbonyl (C=O) groups excluding carboxylic acids is 1. The van der Waals surface area contributed by atoms with Crippen LogP contribution in [0.1, 0.15) is 72.6 Å². The van der Waals surface area contributed by atoms with Crippen molar-refractivity contribution in [2.24, 2.45) is 0 Å². The van der Waals surface area contributed by atoms with Gasteiger partial charge in [0.25, 0.3) is 0 Å². The molecule has 1 saturated heterocycles. The van der Waals surface area contributed by atoms with Crippen molar-refractivity contribution in [3.8, 4) is 0 Å². The first-order valence-electron chi connectivity index (χ1n) is 10.3. The third-order valence-electron chi connectivity index (χ3n) is 4.75. The van der Waals surface area contributed by atoms with Crippen LogP contribution in [0, 0.1) is 0 Å². The fraction of sp³-hybridized carbons (Fsp3) is 0.950. The SMILES string of the molecule is CCCCOCC1C(OCCCC)C(OCCCC)CC(=O)N1CC. The molecule has 25 heavy (non-hydrogen) atoms. The van der Waals surface area contributed by atoms with Gasteiger partial charge in [-0.1, -0.05) is 40.0 Å². The lowest BCUT2D eigenvalue weighted by Gasteiger charge is -2.44. The zero-order valence-electron chi connectivity index (χ0n) is 16.8. The highest BCUT2D eigenvalue weighted by Gasteiger charge is 2.43. The Hall–Kier alpha value is -0.650. The molecule has 3 atom stereocenters. The molecular weight excluding hydrogens is 318 g/mol. The molecule has 0 radical (unpaired) electrons. The third kappa shape index (κ3) is 7.63. The molecular formula is C20H39NO4. The van der Waals surface area contributed by atoms with Gasteiger partial charge in [0.15, 0.2) is 0 Å². The fourth-order valence-electron chi connectivity index (χ4n) is 3.18. The second-order valence-corrected chi connectivity index (χ2v) is 6.83. The summed E-state index contributed by atoms with van der Waals surface area (Å²) >= 11 is 0. The monoisotopic (exact) mass is 357 g/mol. The number of ether oxygens (including phenoxy) is 3. The van der Waals surface area contributed by atoms with E-state index < -0.39 is 0 Å². The topological polar surface area (TPSA) is 48.0 Å². The molecule has 0 aromatic heterocycles. The zero-order valence-corrected chi connectivity index (χ0v) is 16.8. The number of rotatable bonds is 14. The first-order chi connectivity index (χ1) is 12.2. The van der Waals surface area contributed by atoms with Crippen molar-refractivity contribution in [2.45, 2.75) is 90.9 Å². The second kappa shape index (κ2) is 13.5. The Kier molecular flexibility index (Phi) is 12.1. The highest BCUT2D eigenvalue weighted by molar-refractivity contribution is 5.78. The Balaban J connectivity index is 2.78. The maximum absolute atomic E-state index is 12.6. The average molecular weight is 358 g/mol. The van der Waals surface area contributed by atoms with Crippen molar-refractivity contribution in [3.05, 3.63) is 0 Å². The highest BCUT2D eigenvalue weighted by Crippen LogP contribution is 2.25.